The summed E-state index contributed by atoms with van der Waals surface area (Å²) in [6.07, 6.45) is -2.31. The van der Waals surface area contributed by atoms with Gasteiger partial charge in [-0.05, 0) is 24.3 Å². The molecule has 0 aliphatic heterocycles. The summed E-state index contributed by atoms with van der Waals surface area (Å²) in [6.45, 7) is 0.512. The van der Waals surface area contributed by atoms with Gasteiger partial charge < -0.3 is 10.1 Å². The van der Waals surface area contributed by atoms with Crippen LogP contribution in [0.25, 0.3) is 0 Å². The smallest absolute Gasteiger partial charge is 0.250 e. The van der Waals surface area contributed by atoms with Crippen molar-refractivity contribution in [3.63, 3.8) is 0 Å². The number of halogens is 3. The van der Waals surface area contributed by atoms with Crippen molar-refractivity contribution in [1.29, 1.82) is 0 Å². The molecule has 5 heteroatoms. The summed E-state index contributed by atoms with van der Waals surface area (Å²) in [4.78, 5) is 0. The minimum atomic E-state index is -2.31. The van der Waals surface area contributed by atoms with E-state index in [0.29, 0.717) is 13.2 Å². The van der Waals surface area contributed by atoms with Crippen LogP contribution in [0.5, 0.6) is 5.75 Å². The van der Waals surface area contributed by atoms with Crippen molar-refractivity contribution in [2.24, 2.45) is 0 Å². The number of alkyl halides is 2. The summed E-state index contributed by atoms with van der Waals surface area (Å²) in [7, 11) is 0. The van der Waals surface area contributed by atoms with Crippen molar-refractivity contribution in [2.75, 3.05) is 19.7 Å². The van der Waals surface area contributed by atoms with Crippen LogP contribution in [-0.4, -0.2) is 26.1 Å². The Labute approximate surface area is 95.8 Å². The van der Waals surface area contributed by atoms with Crippen LogP contribution in [0.2, 0.25) is 0 Å². The molecule has 0 aliphatic rings. The third-order valence-corrected chi connectivity index (χ3v) is 2.19. The van der Waals surface area contributed by atoms with Crippen molar-refractivity contribution < 1.29 is 13.5 Å². The van der Waals surface area contributed by atoms with E-state index in [1.807, 2.05) is 24.3 Å². The SMILES string of the molecule is FC(F)CNCCOc1ccc(Br)cc1. The second-order valence-corrected chi connectivity index (χ2v) is 3.81. The van der Waals surface area contributed by atoms with Crippen molar-refractivity contribution in [3.05, 3.63) is 28.7 Å². The average Bonchev–Trinajstić information content (AvgIpc) is 2.20. The Morgan fingerprint density at radius 1 is 1.27 bits per heavy atom. The number of nitrogens with one attached hydrogen (secondary N) is 1. The van der Waals surface area contributed by atoms with Gasteiger partial charge in [0.1, 0.15) is 12.4 Å². The first-order valence-electron chi connectivity index (χ1n) is 4.55. The molecule has 0 saturated carbocycles. The van der Waals surface area contributed by atoms with Crippen molar-refractivity contribution in [1.82, 2.24) is 5.32 Å². The molecule has 0 spiro atoms. The highest BCUT2D eigenvalue weighted by atomic mass is 79.9. The second-order valence-electron chi connectivity index (χ2n) is 2.90. The maximum absolute atomic E-state index is 11.7. The standard InChI is InChI=1S/C10H12BrF2NO/c11-8-1-3-9(4-2-8)15-6-5-14-7-10(12)13/h1-4,10,14H,5-7H2. The number of hydrogen-bond donors (Lipinski definition) is 1. The predicted octanol–water partition coefficient (Wildman–Crippen LogP) is 2.68. The first-order valence-corrected chi connectivity index (χ1v) is 5.35. The molecule has 1 aromatic rings. The fraction of sp³-hybridized carbons (Fsp3) is 0.400. The van der Waals surface area contributed by atoms with E-state index in [1.54, 1.807) is 0 Å². The number of rotatable bonds is 6. The van der Waals surface area contributed by atoms with Crippen LogP contribution in [-0.2, 0) is 0 Å². The van der Waals surface area contributed by atoms with Gasteiger partial charge in [0.2, 0.25) is 0 Å². The van der Waals surface area contributed by atoms with Gasteiger partial charge in [-0.15, -0.1) is 0 Å². The molecular formula is C10H12BrF2NO. The van der Waals surface area contributed by atoms with E-state index >= 15 is 0 Å². The molecule has 84 valence electrons. The second kappa shape index (κ2) is 6.74. The summed E-state index contributed by atoms with van der Waals surface area (Å²) in [6, 6.07) is 7.36. The van der Waals surface area contributed by atoms with E-state index in [4.69, 9.17) is 4.74 Å². The molecule has 0 fully saturated rings. The van der Waals surface area contributed by atoms with Crippen LogP contribution in [0, 0.1) is 0 Å². The molecule has 0 radical (unpaired) electrons. The minimum absolute atomic E-state index is 0.288. The molecule has 0 unspecified atom stereocenters. The summed E-state index contributed by atoms with van der Waals surface area (Å²) in [5, 5.41) is 2.58. The van der Waals surface area contributed by atoms with E-state index in [0.717, 1.165) is 10.2 Å². The molecule has 15 heavy (non-hydrogen) atoms. The molecule has 0 heterocycles. The van der Waals surface area contributed by atoms with E-state index < -0.39 is 6.43 Å². The number of benzene rings is 1. The largest absolute Gasteiger partial charge is 0.492 e. The molecule has 0 aliphatic carbocycles. The summed E-state index contributed by atoms with van der Waals surface area (Å²) in [5.74, 6) is 0.733. The van der Waals surface area contributed by atoms with Crippen molar-refractivity contribution >= 4 is 15.9 Å². The van der Waals surface area contributed by atoms with Crippen LogP contribution in [0.1, 0.15) is 0 Å². The zero-order chi connectivity index (χ0) is 11.1. The van der Waals surface area contributed by atoms with Crippen LogP contribution in [0.3, 0.4) is 0 Å². The van der Waals surface area contributed by atoms with E-state index in [9.17, 15) is 8.78 Å². The molecule has 2 nitrogen and oxygen atoms in total. The number of ether oxygens (including phenoxy) is 1. The summed E-state index contributed by atoms with van der Waals surface area (Å²) < 4.78 is 29.7. The lowest BCUT2D eigenvalue weighted by Crippen LogP contribution is -2.26. The Hall–Kier alpha value is -0.680. The quantitative estimate of drug-likeness (QED) is 0.809. The van der Waals surface area contributed by atoms with Crippen LogP contribution in [0.15, 0.2) is 28.7 Å². The Bertz CT molecular complexity index is 279. The monoisotopic (exact) mass is 279 g/mol. The molecule has 0 aromatic heterocycles. The Balaban J connectivity index is 2.12. The van der Waals surface area contributed by atoms with Gasteiger partial charge in [0.25, 0.3) is 6.43 Å². The molecule has 1 aromatic carbocycles. The van der Waals surface area contributed by atoms with Gasteiger partial charge in [-0.25, -0.2) is 8.78 Å². The highest BCUT2D eigenvalue weighted by molar-refractivity contribution is 9.10. The third kappa shape index (κ3) is 5.69. The van der Waals surface area contributed by atoms with E-state index in [1.165, 1.54) is 0 Å². The van der Waals surface area contributed by atoms with Gasteiger partial charge in [0.05, 0.1) is 6.54 Å². The van der Waals surface area contributed by atoms with Crippen LogP contribution >= 0.6 is 15.9 Å². The lowest BCUT2D eigenvalue weighted by molar-refractivity contribution is 0.144. The van der Waals surface area contributed by atoms with Gasteiger partial charge in [0.15, 0.2) is 0 Å². The molecule has 1 rings (SSSR count). The fourth-order valence-corrected chi connectivity index (χ4v) is 1.25. The number of hydrogen-bond acceptors (Lipinski definition) is 2. The summed E-state index contributed by atoms with van der Waals surface area (Å²) >= 11 is 3.30. The van der Waals surface area contributed by atoms with Gasteiger partial charge in [-0.3, -0.25) is 0 Å². The average molecular weight is 280 g/mol. The van der Waals surface area contributed by atoms with Crippen LogP contribution < -0.4 is 10.1 Å². The van der Waals surface area contributed by atoms with Gasteiger partial charge in [-0.2, -0.15) is 0 Å². The molecule has 1 N–H and O–H groups in total. The van der Waals surface area contributed by atoms with Crippen molar-refractivity contribution in [3.8, 4) is 5.75 Å². The highest BCUT2D eigenvalue weighted by Gasteiger charge is 1.99. The molecule has 0 atom stereocenters. The molecule has 0 amide bonds. The first-order chi connectivity index (χ1) is 7.18. The topological polar surface area (TPSA) is 21.3 Å². The van der Waals surface area contributed by atoms with Gasteiger partial charge in [-0.1, -0.05) is 15.9 Å². The zero-order valence-electron chi connectivity index (χ0n) is 8.05. The third-order valence-electron chi connectivity index (χ3n) is 1.66. The van der Waals surface area contributed by atoms with E-state index in [-0.39, 0.29) is 6.54 Å². The maximum atomic E-state index is 11.7. The first kappa shape index (κ1) is 12.4. The van der Waals surface area contributed by atoms with Crippen molar-refractivity contribution in [2.45, 2.75) is 6.43 Å². The van der Waals surface area contributed by atoms with Gasteiger partial charge >= 0.3 is 0 Å². The van der Waals surface area contributed by atoms with Crippen LogP contribution in [0.4, 0.5) is 8.78 Å². The van der Waals surface area contributed by atoms with E-state index in [2.05, 4.69) is 21.2 Å². The lowest BCUT2D eigenvalue weighted by atomic mass is 10.3. The Kier molecular flexibility index (Phi) is 5.57. The normalized spacial score (nSPS) is 10.7. The predicted molar refractivity (Wildman–Crippen MR) is 58.5 cm³/mol. The highest BCUT2D eigenvalue weighted by Crippen LogP contribution is 2.15. The lowest BCUT2D eigenvalue weighted by Gasteiger charge is -2.07. The molecular weight excluding hydrogens is 268 g/mol. The minimum Gasteiger partial charge on any atom is -0.492 e. The Morgan fingerprint density at radius 2 is 1.93 bits per heavy atom. The van der Waals surface area contributed by atoms with Gasteiger partial charge in [0, 0.05) is 11.0 Å². The molecule has 0 bridgehead atoms. The Morgan fingerprint density at radius 3 is 2.53 bits per heavy atom. The fourth-order valence-electron chi connectivity index (χ4n) is 0.983. The summed E-state index contributed by atoms with van der Waals surface area (Å²) in [5.41, 5.74) is 0. The zero-order valence-corrected chi connectivity index (χ0v) is 9.64. The molecule has 0 saturated heterocycles. The maximum Gasteiger partial charge on any atom is 0.250 e.